The summed E-state index contributed by atoms with van der Waals surface area (Å²) in [7, 11) is 0. The minimum absolute atomic E-state index is 1.13. The van der Waals surface area contributed by atoms with Gasteiger partial charge in [-0.2, -0.15) is 0 Å². The number of rotatable bonds is 30. The Balaban J connectivity index is 3.16. The van der Waals surface area contributed by atoms with Gasteiger partial charge in [-0.1, -0.05) is 172 Å². The van der Waals surface area contributed by atoms with E-state index in [2.05, 4.69) is 62.5 Å². The SMILES string of the molecule is CCCCCC=CCC=CCCCCCCCCCCCCCCCCC/C=C\C/C=C\CCCCC. The van der Waals surface area contributed by atoms with E-state index in [1.807, 2.05) is 0 Å². The first-order valence-electron chi connectivity index (χ1n) is 17.0. The van der Waals surface area contributed by atoms with Crippen LogP contribution in [-0.4, -0.2) is 0 Å². The summed E-state index contributed by atoms with van der Waals surface area (Å²) in [6, 6.07) is 0. The molecule has 0 radical (unpaired) electrons. The first-order chi connectivity index (χ1) is 18.4. The van der Waals surface area contributed by atoms with Crippen molar-refractivity contribution in [3.8, 4) is 0 Å². The molecule has 0 aliphatic carbocycles. The van der Waals surface area contributed by atoms with Crippen molar-refractivity contribution in [1.82, 2.24) is 0 Å². The Hall–Kier alpha value is -1.04. The van der Waals surface area contributed by atoms with E-state index in [0.29, 0.717) is 0 Å². The Morgan fingerprint density at radius 2 is 0.459 bits per heavy atom. The van der Waals surface area contributed by atoms with Gasteiger partial charge in [0.2, 0.25) is 0 Å². The van der Waals surface area contributed by atoms with Crippen LogP contribution >= 0.6 is 0 Å². The molecule has 0 aromatic rings. The fraction of sp³-hybridized carbons (Fsp3) is 0.784. The molecule has 0 rings (SSSR count). The first-order valence-corrected chi connectivity index (χ1v) is 17.0. The van der Waals surface area contributed by atoms with E-state index in [1.54, 1.807) is 0 Å². The van der Waals surface area contributed by atoms with Crippen LogP contribution in [0, 0.1) is 0 Å². The maximum atomic E-state index is 2.39. The molecule has 0 bridgehead atoms. The van der Waals surface area contributed by atoms with Crippen LogP contribution in [0.4, 0.5) is 0 Å². The fourth-order valence-electron chi connectivity index (χ4n) is 4.86. The third kappa shape index (κ3) is 35.0. The van der Waals surface area contributed by atoms with E-state index < -0.39 is 0 Å². The van der Waals surface area contributed by atoms with Crippen molar-refractivity contribution in [3.63, 3.8) is 0 Å². The third-order valence-electron chi connectivity index (χ3n) is 7.40. The summed E-state index contributed by atoms with van der Waals surface area (Å²) < 4.78 is 0. The number of unbranched alkanes of at least 4 members (excludes halogenated alkanes) is 22. The Labute approximate surface area is 235 Å². The predicted molar refractivity (Wildman–Crippen MR) is 173 cm³/mol. The van der Waals surface area contributed by atoms with Gasteiger partial charge in [-0.05, 0) is 64.2 Å². The van der Waals surface area contributed by atoms with E-state index in [9.17, 15) is 0 Å². The molecule has 0 N–H and O–H groups in total. The van der Waals surface area contributed by atoms with Gasteiger partial charge in [-0.3, -0.25) is 0 Å². The molecule has 0 amide bonds. The van der Waals surface area contributed by atoms with Gasteiger partial charge < -0.3 is 0 Å². The van der Waals surface area contributed by atoms with Crippen molar-refractivity contribution in [2.75, 3.05) is 0 Å². The molecule has 0 aromatic heterocycles. The zero-order valence-corrected chi connectivity index (χ0v) is 25.7. The van der Waals surface area contributed by atoms with E-state index in [4.69, 9.17) is 0 Å². The van der Waals surface area contributed by atoms with Crippen LogP contribution in [0.15, 0.2) is 48.6 Å². The van der Waals surface area contributed by atoms with Crippen LogP contribution < -0.4 is 0 Å². The molecular weight excluding hydrogens is 444 g/mol. The Morgan fingerprint density at radius 3 is 0.703 bits per heavy atom. The molecule has 0 unspecified atom stereocenters. The first kappa shape index (κ1) is 36.0. The van der Waals surface area contributed by atoms with Crippen molar-refractivity contribution in [2.24, 2.45) is 0 Å². The van der Waals surface area contributed by atoms with Crippen molar-refractivity contribution < 1.29 is 0 Å². The molecule has 0 heteroatoms. The Kier molecular flexibility index (Phi) is 34.0. The second-order valence-electron chi connectivity index (χ2n) is 11.2. The van der Waals surface area contributed by atoms with Gasteiger partial charge in [0.05, 0.1) is 0 Å². The Morgan fingerprint density at radius 1 is 0.243 bits per heavy atom. The minimum atomic E-state index is 1.13. The average molecular weight is 513 g/mol. The van der Waals surface area contributed by atoms with Crippen LogP contribution in [0.5, 0.6) is 0 Å². The molecule has 0 heterocycles. The molecule has 216 valence electrons. The maximum Gasteiger partial charge on any atom is -0.0169 e. The number of allylic oxidation sites excluding steroid dienone is 8. The predicted octanol–water partition coefficient (Wildman–Crippen LogP) is 13.8. The lowest BCUT2D eigenvalue weighted by Crippen LogP contribution is -1.83. The van der Waals surface area contributed by atoms with Gasteiger partial charge in [0, 0.05) is 0 Å². The highest BCUT2D eigenvalue weighted by Gasteiger charge is 1.94. The topological polar surface area (TPSA) is 0 Å². The van der Waals surface area contributed by atoms with E-state index in [-0.39, 0.29) is 0 Å². The Bertz CT molecular complexity index is 460. The molecule has 0 aliphatic rings. The largest absolute Gasteiger partial charge is 0.0882 e. The standard InChI is InChI=1S/C37H68/c1-3-5-7-9-11-13-15-17-19-21-23-25-27-29-31-33-35-37-36-34-32-30-28-26-24-22-20-18-16-14-12-10-8-6-4-2/h11-14,17-20H,3-10,15-16,21-37H2,1-2H3/b13-11-,14-12?,19-17-,20-18?. The summed E-state index contributed by atoms with van der Waals surface area (Å²) in [5.41, 5.74) is 0. The van der Waals surface area contributed by atoms with Crippen LogP contribution in [0.3, 0.4) is 0 Å². The maximum absolute atomic E-state index is 2.39. The van der Waals surface area contributed by atoms with Gasteiger partial charge in [-0.15, -0.1) is 0 Å². The highest BCUT2D eigenvalue weighted by Crippen LogP contribution is 2.14. The lowest BCUT2D eigenvalue weighted by atomic mass is 10.0. The fourth-order valence-corrected chi connectivity index (χ4v) is 4.86. The summed E-state index contributed by atoms with van der Waals surface area (Å²) in [5, 5.41) is 0. The van der Waals surface area contributed by atoms with Crippen molar-refractivity contribution in [1.29, 1.82) is 0 Å². The van der Waals surface area contributed by atoms with Crippen molar-refractivity contribution in [2.45, 2.75) is 187 Å². The van der Waals surface area contributed by atoms with Crippen LogP contribution in [0.2, 0.25) is 0 Å². The molecule has 37 heavy (non-hydrogen) atoms. The summed E-state index contributed by atoms with van der Waals surface area (Å²) in [5.74, 6) is 0. The smallest absolute Gasteiger partial charge is 0.0169 e. The minimum Gasteiger partial charge on any atom is -0.0882 e. The second kappa shape index (κ2) is 35.0. The quantitative estimate of drug-likeness (QED) is 0.0663. The highest BCUT2D eigenvalue weighted by molar-refractivity contribution is 4.93. The summed E-state index contributed by atoms with van der Waals surface area (Å²) >= 11 is 0. The van der Waals surface area contributed by atoms with Crippen LogP contribution in [-0.2, 0) is 0 Å². The van der Waals surface area contributed by atoms with Gasteiger partial charge in [-0.25, -0.2) is 0 Å². The number of hydrogen-bond donors (Lipinski definition) is 0. The van der Waals surface area contributed by atoms with E-state index in [1.165, 1.54) is 161 Å². The summed E-state index contributed by atoms with van der Waals surface area (Å²) in [6.45, 7) is 4.54. The molecule has 0 saturated heterocycles. The van der Waals surface area contributed by atoms with E-state index in [0.717, 1.165) is 12.8 Å². The molecule has 0 atom stereocenters. The lowest BCUT2D eigenvalue weighted by Gasteiger charge is -2.03. The normalized spacial score (nSPS) is 12.4. The molecule has 0 nitrogen and oxygen atoms in total. The zero-order chi connectivity index (χ0) is 26.7. The van der Waals surface area contributed by atoms with Gasteiger partial charge >= 0.3 is 0 Å². The molecular formula is C37H68. The van der Waals surface area contributed by atoms with Crippen molar-refractivity contribution >= 4 is 0 Å². The van der Waals surface area contributed by atoms with Crippen LogP contribution in [0.25, 0.3) is 0 Å². The molecule has 0 aliphatic heterocycles. The highest BCUT2D eigenvalue weighted by atomic mass is 14.0. The van der Waals surface area contributed by atoms with Gasteiger partial charge in [0.25, 0.3) is 0 Å². The average Bonchev–Trinajstić information content (AvgIpc) is 2.91. The lowest BCUT2D eigenvalue weighted by molar-refractivity contribution is 0.531. The summed E-state index contributed by atoms with van der Waals surface area (Å²) in [6.07, 6.45) is 56.0. The molecule has 0 spiro atoms. The molecule has 0 saturated carbocycles. The molecule has 0 fully saturated rings. The third-order valence-corrected chi connectivity index (χ3v) is 7.40. The molecule has 0 aromatic carbocycles. The van der Waals surface area contributed by atoms with Crippen molar-refractivity contribution in [3.05, 3.63) is 48.6 Å². The van der Waals surface area contributed by atoms with Gasteiger partial charge in [0.1, 0.15) is 0 Å². The summed E-state index contributed by atoms with van der Waals surface area (Å²) in [4.78, 5) is 0. The second-order valence-corrected chi connectivity index (χ2v) is 11.2. The van der Waals surface area contributed by atoms with Gasteiger partial charge in [0.15, 0.2) is 0 Å². The number of hydrogen-bond acceptors (Lipinski definition) is 0. The van der Waals surface area contributed by atoms with Crippen LogP contribution in [0.1, 0.15) is 187 Å². The zero-order valence-electron chi connectivity index (χ0n) is 25.7. The van der Waals surface area contributed by atoms with E-state index >= 15 is 0 Å². The monoisotopic (exact) mass is 513 g/mol.